The van der Waals surface area contributed by atoms with E-state index in [-0.39, 0.29) is 18.1 Å². The number of morpholine rings is 1. The molecule has 1 aliphatic heterocycles. The minimum Gasteiger partial charge on any atom is -0.384 e. The molecule has 1 aromatic carbocycles. The fourth-order valence-electron chi connectivity index (χ4n) is 2.52. The summed E-state index contributed by atoms with van der Waals surface area (Å²) in [4.78, 5) is 14.7. The first kappa shape index (κ1) is 15.6. The Balaban J connectivity index is 2.35. The zero-order chi connectivity index (χ0) is 15.5. The van der Waals surface area contributed by atoms with E-state index in [0.717, 1.165) is 11.1 Å². The molecule has 0 atom stereocenters. The van der Waals surface area contributed by atoms with E-state index in [1.165, 1.54) is 0 Å². The highest BCUT2D eigenvalue weighted by Gasteiger charge is 2.35. The number of aliphatic hydroxyl groups is 1. The summed E-state index contributed by atoms with van der Waals surface area (Å²) in [6, 6.07) is 5.52. The van der Waals surface area contributed by atoms with Gasteiger partial charge in [0.05, 0.1) is 18.8 Å². The Hall–Kier alpha value is -1.83. The molecule has 1 fully saturated rings. The van der Waals surface area contributed by atoms with Crippen LogP contribution in [0.3, 0.4) is 0 Å². The fourth-order valence-corrected chi connectivity index (χ4v) is 2.52. The van der Waals surface area contributed by atoms with Crippen LogP contribution in [0, 0.1) is 18.8 Å². The Bertz CT molecular complexity index is 596. The molecule has 4 heteroatoms. The van der Waals surface area contributed by atoms with Gasteiger partial charge in [-0.2, -0.15) is 0 Å². The van der Waals surface area contributed by atoms with Crippen molar-refractivity contribution < 1.29 is 14.6 Å². The number of ether oxygens (including phenoxy) is 1. The van der Waals surface area contributed by atoms with Gasteiger partial charge in [0.25, 0.3) is 5.91 Å². The van der Waals surface area contributed by atoms with Crippen LogP contribution in [0.2, 0.25) is 0 Å². The molecule has 1 aromatic rings. The number of amides is 1. The van der Waals surface area contributed by atoms with Gasteiger partial charge in [0.15, 0.2) is 0 Å². The molecule has 0 spiro atoms. The number of benzene rings is 1. The van der Waals surface area contributed by atoms with Crippen LogP contribution >= 0.6 is 0 Å². The minimum atomic E-state index is -0.311. The summed E-state index contributed by atoms with van der Waals surface area (Å²) in [5, 5.41) is 8.81. The smallest absolute Gasteiger partial charge is 0.254 e. The zero-order valence-electron chi connectivity index (χ0n) is 12.8. The van der Waals surface area contributed by atoms with Gasteiger partial charge in [-0.05, 0) is 38.5 Å². The van der Waals surface area contributed by atoms with Gasteiger partial charge in [-0.25, -0.2) is 0 Å². The maximum absolute atomic E-state index is 12.8. The van der Waals surface area contributed by atoms with Crippen molar-refractivity contribution in [1.29, 1.82) is 0 Å². The summed E-state index contributed by atoms with van der Waals surface area (Å²) in [6.07, 6.45) is 0. The second-order valence-electron chi connectivity index (χ2n) is 5.76. The lowest BCUT2D eigenvalue weighted by molar-refractivity contribution is -0.0371. The van der Waals surface area contributed by atoms with E-state index in [9.17, 15) is 4.79 Å². The molecule has 0 saturated carbocycles. The summed E-state index contributed by atoms with van der Waals surface area (Å²) >= 11 is 0. The molecular weight excluding hydrogens is 266 g/mol. The molecule has 0 unspecified atom stereocenters. The van der Waals surface area contributed by atoms with E-state index in [1.54, 1.807) is 0 Å². The second-order valence-corrected chi connectivity index (χ2v) is 5.76. The van der Waals surface area contributed by atoms with E-state index in [1.807, 2.05) is 43.9 Å². The molecule has 1 N–H and O–H groups in total. The average Bonchev–Trinajstić information content (AvgIpc) is 2.45. The predicted molar refractivity (Wildman–Crippen MR) is 81.1 cm³/mol. The van der Waals surface area contributed by atoms with Crippen LogP contribution in [-0.2, 0) is 4.74 Å². The maximum Gasteiger partial charge on any atom is 0.254 e. The molecule has 112 valence electrons. The molecule has 1 aliphatic rings. The van der Waals surface area contributed by atoms with Crippen LogP contribution in [0.4, 0.5) is 0 Å². The molecule has 1 amide bonds. The van der Waals surface area contributed by atoms with Crippen molar-refractivity contribution in [2.24, 2.45) is 0 Å². The topological polar surface area (TPSA) is 49.8 Å². The van der Waals surface area contributed by atoms with Gasteiger partial charge in [0.2, 0.25) is 0 Å². The van der Waals surface area contributed by atoms with Crippen LogP contribution in [0.1, 0.15) is 35.3 Å². The van der Waals surface area contributed by atoms with Crippen molar-refractivity contribution in [3.05, 3.63) is 34.9 Å². The van der Waals surface area contributed by atoms with Crippen molar-refractivity contribution in [3.8, 4) is 11.8 Å². The monoisotopic (exact) mass is 287 g/mol. The lowest BCUT2D eigenvalue weighted by Crippen LogP contribution is -2.55. The van der Waals surface area contributed by atoms with E-state index >= 15 is 0 Å². The van der Waals surface area contributed by atoms with Gasteiger partial charge in [0.1, 0.15) is 6.61 Å². The Morgan fingerprint density at radius 3 is 2.90 bits per heavy atom. The van der Waals surface area contributed by atoms with E-state index < -0.39 is 0 Å². The highest BCUT2D eigenvalue weighted by atomic mass is 16.5. The van der Waals surface area contributed by atoms with Crippen LogP contribution in [0.5, 0.6) is 0 Å². The Kier molecular flexibility index (Phi) is 4.66. The van der Waals surface area contributed by atoms with Crippen molar-refractivity contribution in [3.63, 3.8) is 0 Å². The van der Waals surface area contributed by atoms with Crippen molar-refractivity contribution >= 4 is 5.91 Å². The van der Waals surface area contributed by atoms with Crippen LogP contribution in [0.15, 0.2) is 18.2 Å². The maximum atomic E-state index is 12.8. The Labute approximate surface area is 125 Å². The lowest BCUT2D eigenvalue weighted by Gasteiger charge is -2.42. The van der Waals surface area contributed by atoms with Crippen molar-refractivity contribution in [2.75, 3.05) is 26.4 Å². The van der Waals surface area contributed by atoms with E-state index in [4.69, 9.17) is 9.84 Å². The molecule has 1 heterocycles. The Morgan fingerprint density at radius 1 is 1.48 bits per heavy atom. The number of hydrogen-bond acceptors (Lipinski definition) is 3. The minimum absolute atomic E-state index is 0.00782. The number of carbonyl (C=O) groups excluding carboxylic acids is 1. The summed E-state index contributed by atoms with van der Waals surface area (Å²) in [5.74, 6) is 5.52. The van der Waals surface area contributed by atoms with Gasteiger partial charge >= 0.3 is 0 Å². The second kappa shape index (κ2) is 6.30. The number of nitrogens with zero attached hydrogens (tertiary/aromatic N) is 1. The number of rotatable bonds is 1. The van der Waals surface area contributed by atoms with Gasteiger partial charge in [-0.15, -0.1) is 0 Å². The van der Waals surface area contributed by atoms with Gasteiger partial charge < -0.3 is 14.7 Å². The van der Waals surface area contributed by atoms with Gasteiger partial charge in [-0.3, -0.25) is 4.79 Å². The van der Waals surface area contributed by atoms with Crippen molar-refractivity contribution in [1.82, 2.24) is 4.90 Å². The first-order valence-corrected chi connectivity index (χ1v) is 7.06. The number of aliphatic hydroxyl groups excluding tert-OH is 1. The summed E-state index contributed by atoms with van der Waals surface area (Å²) < 4.78 is 5.46. The fraction of sp³-hybridized carbons (Fsp3) is 0.471. The third kappa shape index (κ3) is 3.26. The molecule has 0 bridgehead atoms. The normalized spacial score (nSPS) is 17.0. The Morgan fingerprint density at radius 2 is 2.24 bits per heavy atom. The highest BCUT2D eigenvalue weighted by Crippen LogP contribution is 2.23. The molecule has 1 saturated heterocycles. The standard InChI is InChI=1S/C17H21NO3/c1-13-14(7-5-10-19)6-4-8-15(13)16(20)18-9-11-21-12-17(18,2)3/h4,6,8,19H,9-12H2,1-3H3. The largest absolute Gasteiger partial charge is 0.384 e. The summed E-state index contributed by atoms with van der Waals surface area (Å²) in [6.45, 7) is 7.43. The highest BCUT2D eigenvalue weighted by molar-refractivity contribution is 5.96. The summed E-state index contributed by atoms with van der Waals surface area (Å²) in [5.41, 5.74) is 1.98. The first-order valence-electron chi connectivity index (χ1n) is 7.06. The third-order valence-corrected chi connectivity index (χ3v) is 3.76. The number of hydrogen-bond donors (Lipinski definition) is 1. The van der Waals surface area contributed by atoms with E-state index in [0.29, 0.717) is 25.3 Å². The molecule has 4 nitrogen and oxygen atoms in total. The molecule has 2 rings (SSSR count). The van der Waals surface area contributed by atoms with Crippen LogP contribution < -0.4 is 0 Å². The average molecular weight is 287 g/mol. The third-order valence-electron chi connectivity index (χ3n) is 3.76. The molecule has 21 heavy (non-hydrogen) atoms. The zero-order valence-corrected chi connectivity index (χ0v) is 12.8. The quantitative estimate of drug-likeness (QED) is 0.798. The lowest BCUT2D eigenvalue weighted by atomic mass is 9.97. The molecule has 0 aromatic heterocycles. The SMILES string of the molecule is Cc1c(C#CCO)cccc1C(=O)N1CCOCC1(C)C. The van der Waals surface area contributed by atoms with E-state index in [2.05, 4.69) is 11.8 Å². The van der Waals surface area contributed by atoms with Gasteiger partial charge in [-0.1, -0.05) is 17.9 Å². The molecule has 0 aliphatic carbocycles. The molecule has 0 radical (unpaired) electrons. The predicted octanol–water partition coefficient (Wildman–Crippen LogP) is 1.59. The number of carbonyl (C=O) groups is 1. The van der Waals surface area contributed by atoms with Crippen molar-refractivity contribution in [2.45, 2.75) is 26.3 Å². The summed E-state index contributed by atoms with van der Waals surface area (Å²) in [7, 11) is 0. The van der Waals surface area contributed by atoms with Crippen LogP contribution in [-0.4, -0.2) is 47.8 Å². The van der Waals surface area contributed by atoms with Gasteiger partial charge in [0, 0.05) is 17.7 Å². The van der Waals surface area contributed by atoms with Crippen LogP contribution in [0.25, 0.3) is 0 Å². The molecular formula is C17H21NO3. The first-order chi connectivity index (χ1) is 9.97.